The molecule has 3 aromatic rings. The van der Waals surface area contributed by atoms with Gasteiger partial charge in [0.1, 0.15) is 5.69 Å². The molecule has 8 heteroatoms. The summed E-state index contributed by atoms with van der Waals surface area (Å²) in [7, 11) is 5.84. The summed E-state index contributed by atoms with van der Waals surface area (Å²) in [5.74, 6) is -0.0723. The number of anilines is 1. The van der Waals surface area contributed by atoms with Crippen molar-refractivity contribution >= 4 is 48.5 Å². The van der Waals surface area contributed by atoms with Gasteiger partial charge < -0.3 is 4.90 Å². The summed E-state index contributed by atoms with van der Waals surface area (Å²) in [5.41, 5.74) is 1.46. The fourth-order valence-electron chi connectivity index (χ4n) is 2.55. The Hall–Kier alpha value is -1.77. The Balaban J connectivity index is 1.94. The number of hydrogen-bond acceptors (Lipinski definition) is 5. The summed E-state index contributed by atoms with van der Waals surface area (Å²) >= 11 is 5.02. The van der Waals surface area contributed by atoms with Crippen LogP contribution >= 0.6 is 27.3 Å². The van der Waals surface area contributed by atoms with Gasteiger partial charge >= 0.3 is 0 Å². The van der Waals surface area contributed by atoms with E-state index in [9.17, 15) is 4.79 Å². The molecule has 2 aromatic heterocycles. The van der Waals surface area contributed by atoms with E-state index in [-0.39, 0.29) is 5.91 Å². The Bertz CT molecular complexity index is 888. The fourth-order valence-corrected chi connectivity index (χ4v) is 4.09. The van der Waals surface area contributed by atoms with Crippen LogP contribution in [0.25, 0.3) is 10.2 Å². The molecule has 0 bridgehead atoms. The third-order valence-corrected chi connectivity index (χ3v) is 5.38. The SMILES string of the molecule is CN(C)CCCN(C(=O)c1ccnn1C)c1nc2ccc(Br)cc2s1. The molecule has 0 radical (unpaired) electrons. The van der Waals surface area contributed by atoms with Gasteiger partial charge in [-0.05, 0) is 51.3 Å². The zero-order valence-electron chi connectivity index (χ0n) is 14.4. The molecule has 0 unspecified atom stereocenters. The van der Waals surface area contributed by atoms with E-state index < -0.39 is 0 Å². The molecule has 6 nitrogen and oxygen atoms in total. The molecule has 1 amide bonds. The molecule has 0 fully saturated rings. The van der Waals surface area contributed by atoms with Gasteiger partial charge in [-0.1, -0.05) is 27.3 Å². The van der Waals surface area contributed by atoms with E-state index in [2.05, 4.69) is 30.9 Å². The second-order valence-electron chi connectivity index (χ2n) is 6.06. The van der Waals surface area contributed by atoms with Gasteiger partial charge in [-0.25, -0.2) is 4.98 Å². The molecule has 0 spiro atoms. The molecule has 0 saturated heterocycles. The lowest BCUT2D eigenvalue weighted by molar-refractivity contribution is 0.0977. The number of amides is 1. The van der Waals surface area contributed by atoms with Crippen LogP contribution in [0.4, 0.5) is 5.13 Å². The Morgan fingerprint density at radius 2 is 2.08 bits per heavy atom. The number of thiazole rings is 1. The number of carbonyl (C=O) groups excluding carboxylic acids is 1. The summed E-state index contributed by atoms with van der Waals surface area (Å²) in [5, 5.41) is 4.83. The van der Waals surface area contributed by atoms with Gasteiger partial charge in [0.15, 0.2) is 5.13 Å². The molecule has 2 heterocycles. The number of benzene rings is 1. The van der Waals surface area contributed by atoms with E-state index in [1.807, 2.05) is 32.3 Å². The van der Waals surface area contributed by atoms with Gasteiger partial charge in [-0.2, -0.15) is 5.10 Å². The Kier molecular flexibility index (Phi) is 5.51. The first kappa shape index (κ1) is 18.0. The van der Waals surface area contributed by atoms with Crippen LogP contribution in [-0.2, 0) is 7.05 Å². The predicted octanol–water partition coefficient (Wildman–Crippen LogP) is 3.39. The van der Waals surface area contributed by atoms with Crippen LogP contribution in [-0.4, -0.2) is 52.8 Å². The van der Waals surface area contributed by atoms with Crippen molar-refractivity contribution in [3.63, 3.8) is 0 Å². The highest BCUT2D eigenvalue weighted by Crippen LogP contribution is 2.31. The molecule has 0 saturated carbocycles. The Morgan fingerprint density at radius 1 is 1.28 bits per heavy atom. The second-order valence-corrected chi connectivity index (χ2v) is 7.99. The van der Waals surface area contributed by atoms with Crippen molar-refractivity contribution in [1.29, 1.82) is 0 Å². The number of aryl methyl sites for hydroxylation is 1. The number of carbonyl (C=O) groups is 1. The van der Waals surface area contributed by atoms with Crippen molar-refractivity contribution in [2.24, 2.45) is 7.05 Å². The molecular weight excluding hydrogens is 402 g/mol. The van der Waals surface area contributed by atoms with E-state index in [1.54, 1.807) is 28.9 Å². The summed E-state index contributed by atoms with van der Waals surface area (Å²) in [6.07, 6.45) is 2.51. The first-order valence-corrected chi connectivity index (χ1v) is 9.57. The third kappa shape index (κ3) is 4.08. The summed E-state index contributed by atoms with van der Waals surface area (Å²) in [6, 6.07) is 7.70. The first-order valence-electron chi connectivity index (χ1n) is 7.96. The minimum Gasteiger partial charge on any atom is -0.309 e. The average molecular weight is 422 g/mol. The molecule has 0 aliphatic rings. The van der Waals surface area contributed by atoms with Gasteiger partial charge in [-0.15, -0.1) is 0 Å². The topological polar surface area (TPSA) is 54.3 Å². The number of halogens is 1. The van der Waals surface area contributed by atoms with E-state index in [1.165, 1.54) is 11.3 Å². The number of rotatable bonds is 6. The molecule has 0 atom stereocenters. The Morgan fingerprint density at radius 3 is 2.76 bits per heavy atom. The van der Waals surface area contributed by atoms with E-state index in [4.69, 9.17) is 0 Å². The molecule has 132 valence electrons. The van der Waals surface area contributed by atoms with Gasteiger partial charge in [0.05, 0.1) is 10.2 Å². The van der Waals surface area contributed by atoms with Crippen molar-refractivity contribution in [2.75, 3.05) is 32.1 Å². The lowest BCUT2D eigenvalue weighted by Crippen LogP contribution is -2.34. The largest absolute Gasteiger partial charge is 0.309 e. The van der Waals surface area contributed by atoms with Crippen LogP contribution in [0.2, 0.25) is 0 Å². The highest BCUT2D eigenvalue weighted by molar-refractivity contribution is 9.10. The Labute approximate surface area is 159 Å². The lowest BCUT2D eigenvalue weighted by Gasteiger charge is -2.20. The zero-order chi connectivity index (χ0) is 18.0. The average Bonchev–Trinajstić information content (AvgIpc) is 3.16. The maximum absolute atomic E-state index is 13.1. The third-order valence-electron chi connectivity index (χ3n) is 3.84. The first-order chi connectivity index (χ1) is 12.0. The minimum atomic E-state index is -0.0723. The van der Waals surface area contributed by atoms with Crippen LogP contribution < -0.4 is 4.90 Å². The number of hydrogen-bond donors (Lipinski definition) is 0. The summed E-state index contributed by atoms with van der Waals surface area (Å²) < 4.78 is 3.66. The number of nitrogens with zero attached hydrogens (tertiary/aromatic N) is 5. The molecule has 0 aliphatic carbocycles. The highest BCUT2D eigenvalue weighted by atomic mass is 79.9. The molecule has 0 aliphatic heterocycles. The standard InChI is InChI=1S/C17H20BrN5OS/c1-21(2)9-4-10-23(16(24)14-7-8-19-22(14)3)17-20-13-6-5-12(18)11-15(13)25-17/h5-8,11H,4,9-10H2,1-3H3. The van der Waals surface area contributed by atoms with Crippen molar-refractivity contribution in [3.8, 4) is 0 Å². The van der Waals surface area contributed by atoms with Crippen LogP contribution in [0.15, 0.2) is 34.9 Å². The number of fused-ring (bicyclic) bond motifs is 1. The summed E-state index contributed by atoms with van der Waals surface area (Å²) in [6.45, 7) is 1.52. The normalized spacial score (nSPS) is 11.4. The summed E-state index contributed by atoms with van der Waals surface area (Å²) in [4.78, 5) is 21.6. The monoisotopic (exact) mass is 421 g/mol. The lowest BCUT2D eigenvalue weighted by atomic mass is 10.3. The zero-order valence-corrected chi connectivity index (χ0v) is 16.8. The van der Waals surface area contributed by atoms with E-state index >= 15 is 0 Å². The quantitative estimate of drug-likeness (QED) is 0.611. The maximum atomic E-state index is 13.1. The molecule has 1 aromatic carbocycles. The van der Waals surface area contributed by atoms with Crippen LogP contribution in [0.3, 0.4) is 0 Å². The van der Waals surface area contributed by atoms with Gasteiger partial charge in [0.2, 0.25) is 0 Å². The van der Waals surface area contributed by atoms with Crippen molar-refractivity contribution in [1.82, 2.24) is 19.7 Å². The van der Waals surface area contributed by atoms with Gasteiger partial charge in [-0.3, -0.25) is 14.4 Å². The van der Waals surface area contributed by atoms with Gasteiger partial charge in [0, 0.05) is 24.3 Å². The smallest absolute Gasteiger partial charge is 0.278 e. The number of aromatic nitrogens is 3. The van der Waals surface area contributed by atoms with Crippen molar-refractivity contribution < 1.29 is 4.79 Å². The fraction of sp³-hybridized carbons (Fsp3) is 0.353. The van der Waals surface area contributed by atoms with Crippen LogP contribution in [0.1, 0.15) is 16.9 Å². The van der Waals surface area contributed by atoms with Crippen molar-refractivity contribution in [3.05, 3.63) is 40.6 Å². The molecule has 25 heavy (non-hydrogen) atoms. The molecule has 0 N–H and O–H groups in total. The van der Waals surface area contributed by atoms with Crippen molar-refractivity contribution in [2.45, 2.75) is 6.42 Å². The highest BCUT2D eigenvalue weighted by Gasteiger charge is 2.23. The second kappa shape index (κ2) is 7.63. The maximum Gasteiger partial charge on any atom is 0.278 e. The van der Waals surface area contributed by atoms with E-state index in [0.717, 1.165) is 32.8 Å². The van der Waals surface area contributed by atoms with Crippen LogP contribution in [0, 0.1) is 0 Å². The molecule has 3 rings (SSSR count). The van der Waals surface area contributed by atoms with E-state index in [0.29, 0.717) is 12.2 Å². The predicted molar refractivity (Wildman–Crippen MR) is 105 cm³/mol. The minimum absolute atomic E-state index is 0.0723. The van der Waals surface area contributed by atoms with Crippen LogP contribution in [0.5, 0.6) is 0 Å². The molecular formula is C17H20BrN5OS. The van der Waals surface area contributed by atoms with Gasteiger partial charge in [0.25, 0.3) is 5.91 Å².